The Morgan fingerprint density at radius 3 is 3.00 bits per heavy atom. The normalized spacial score (nSPS) is 11.9. The Kier molecular flexibility index (Phi) is 1.73. The van der Waals surface area contributed by atoms with E-state index in [-0.39, 0.29) is 5.56 Å². The van der Waals surface area contributed by atoms with Crippen molar-refractivity contribution < 1.29 is 9.90 Å². The lowest BCUT2D eigenvalue weighted by molar-refractivity contribution is -0.254. The van der Waals surface area contributed by atoms with Gasteiger partial charge in [-0.3, -0.25) is 0 Å². The average molecular weight is 194 g/mol. The molecule has 0 fully saturated rings. The number of carboxylic acid groups (broad SMARTS) is 1. The summed E-state index contributed by atoms with van der Waals surface area (Å²) in [4.78, 5) is 10.7. The minimum atomic E-state index is -1.16. The molecular formula is C8H6N2O2S. The zero-order valence-electron chi connectivity index (χ0n) is 6.85. The minimum absolute atomic E-state index is 0.202. The summed E-state index contributed by atoms with van der Waals surface area (Å²) in [7, 11) is -0.442. The van der Waals surface area contributed by atoms with Crippen molar-refractivity contribution in [1.82, 2.24) is 9.59 Å². The van der Waals surface area contributed by atoms with Crippen molar-refractivity contribution in [2.24, 2.45) is 6.26 Å². The van der Waals surface area contributed by atoms with Crippen molar-refractivity contribution in [3.8, 4) is 0 Å². The third-order valence-electron chi connectivity index (χ3n) is 1.78. The highest BCUT2D eigenvalue weighted by Gasteiger charge is 2.16. The van der Waals surface area contributed by atoms with E-state index in [9.17, 15) is 9.90 Å². The second-order valence-corrected chi connectivity index (χ2v) is 4.13. The van der Waals surface area contributed by atoms with Crippen molar-refractivity contribution in [2.75, 3.05) is 0 Å². The van der Waals surface area contributed by atoms with E-state index in [1.807, 2.05) is 6.26 Å². The number of carboxylic acids is 1. The van der Waals surface area contributed by atoms with E-state index in [1.165, 1.54) is 6.07 Å². The molecule has 0 N–H and O–H groups in total. The highest BCUT2D eigenvalue weighted by atomic mass is 32.2. The molecule has 4 nitrogen and oxygen atoms in total. The van der Waals surface area contributed by atoms with E-state index in [4.69, 9.17) is 0 Å². The smallest absolute Gasteiger partial charge is 0.235 e. The van der Waals surface area contributed by atoms with E-state index in [0.29, 0.717) is 10.2 Å². The fourth-order valence-corrected chi connectivity index (χ4v) is 2.39. The highest BCUT2D eigenvalue weighted by Crippen LogP contribution is 2.26. The molecule has 0 aliphatic heterocycles. The summed E-state index contributed by atoms with van der Waals surface area (Å²) in [6, 6.07) is 4.92. The van der Waals surface area contributed by atoms with Gasteiger partial charge in [-0.05, 0) is 12.1 Å². The number of fused-ring (bicyclic) bond motifs is 1. The number of aromatic carboxylic acids is 1. The molecule has 5 heteroatoms. The van der Waals surface area contributed by atoms with Crippen molar-refractivity contribution in [2.45, 2.75) is 0 Å². The van der Waals surface area contributed by atoms with Gasteiger partial charge in [-0.25, -0.2) is 0 Å². The van der Waals surface area contributed by atoms with Crippen LogP contribution in [0.3, 0.4) is 0 Å². The molecule has 1 atom stereocenters. The van der Waals surface area contributed by atoms with E-state index < -0.39 is 16.6 Å². The maximum atomic E-state index is 10.7. The number of aryl methyl sites for hydroxylation is 1. The molecule has 13 heavy (non-hydrogen) atoms. The number of nitrogens with zero attached hydrogens (tertiary/aromatic N) is 2. The maximum Gasteiger partial charge on any atom is 0.235 e. The van der Waals surface area contributed by atoms with Crippen LogP contribution in [0.2, 0.25) is 0 Å². The van der Waals surface area contributed by atoms with Crippen molar-refractivity contribution in [3.63, 3.8) is 0 Å². The van der Waals surface area contributed by atoms with E-state index in [0.717, 1.165) is 0 Å². The number of hydrogen-bond acceptors (Lipinski definition) is 4. The fraction of sp³-hybridized carbons (Fsp3) is 0.125. The van der Waals surface area contributed by atoms with Crippen LogP contribution in [-0.2, 0) is 6.26 Å². The molecule has 1 unspecified atom stereocenters. The van der Waals surface area contributed by atoms with Crippen LogP contribution in [0.25, 0.3) is 10.2 Å². The Morgan fingerprint density at radius 1 is 1.54 bits per heavy atom. The molecule has 0 radical (unpaired) electrons. The molecule has 1 aromatic heterocycles. The SMILES string of the molecule is C[s+]1nnc2cccc(C(=O)[O-])c21. The lowest BCUT2D eigenvalue weighted by atomic mass is 10.2. The quantitative estimate of drug-likeness (QED) is 0.611. The van der Waals surface area contributed by atoms with E-state index in [2.05, 4.69) is 9.59 Å². The number of hydrogen-bond donors (Lipinski definition) is 0. The highest BCUT2D eigenvalue weighted by molar-refractivity contribution is 7.30. The lowest BCUT2D eigenvalue weighted by Gasteiger charge is -1.98. The van der Waals surface area contributed by atoms with E-state index in [1.54, 1.807) is 12.1 Å². The Bertz CT molecular complexity index is 478. The zero-order valence-corrected chi connectivity index (χ0v) is 7.67. The summed E-state index contributed by atoms with van der Waals surface area (Å²) in [6.45, 7) is 0. The summed E-state index contributed by atoms with van der Waals surface area (Å²) in [6.07, 6.45) is 1.84. The van der Waals surface area contributed by atoms with Gasteiger partial charge < -0.3 is 9.90 Å². The third kappa shape index (κ3) is 1.17. The van der Waals surface area contributed by atoms with Crippen molar-refractivity contribution in [1.29, 1.82) is 0 Å². The lowest BCUT2D eigenvalue weighted by Crippen LogP contribution is -2.22. The first-order chi connectivity index (χ1) is 6.20. The molecule has 2 rings (SSSR count). The summed E-state index contributed by atoms with van der Waals surface area (Å²) < 4.78 is 4.59. The average Bonchev–Trinajstić information content (AvgIpc) is 2.48. The molecule has 0 amide bonds. The van der Waals surface area contributed by atoms with Gasteiger partial charge in [0.2, 0.25) is 4.70 Å². The Labute approximate surface area is 77.0 Å². The Balaban J connectivity index is 2.88. The number of benzene rings is 1. The van der Waals surface area contributed by atoms with Gasteiger partial charge in [0.25, 0.3) is 0 Å². The molecule has 0 saturated heterocycles. The first-order valence-corrected chi connectivity index (χ1v) is 5.21. The predicted octanol–water partition coefficient (Wildman–Crippen LogP) is 0.279. The molecule has 1 heterocycles. The molecule has 1 aromatic carbocycles. The fourth-order valence-electron chi connectivity index (χ4n) is 1.22. The molecule has 0 bridgehead atoms. The molecule has 0 saturated carbocycles. The van der Waals surface area contributed by atoms with Crippen LogP contribution < -0.4 is 5.11 Å². The second-order valence-electron chi connectivity index (χ2n) is 2.60. The van der Waals surface area contributed by atoms with E-state index >= 15 is 0 Å². The summed E-state index contributed by atoms with van der Waals surface area (Å²) in [5, 5.41) is 14.6. The standard InChI is InChI=1S/C8H6N2O2S/c1-13-7-5(8(11)12)3-2-4-6(7)9-10-13/h2-4H,1H3. The molecule has 0 aliphatic rings. The molecule has 0 aliphatic carbocycles. The topological polar surface area (TPSA) is 65.9 Å². The van der Waals surface area contributed by atoms with Crippen molar-refractivity contribution in [3.05, 3.63) is 23.8 Å². The van der Waals surface area contributed by atoms with Crippen LogP contribution in [0.5, 0.6) is 0 Å². The second kappa shape index (κ2) is 2.77. The Morgan fingerprint density at radius 2 is 2.31 bits per heavy atom. The summed E-state index contributed by atoms with van der Waals surface area (Å²) in [5.41, 5.74) is 0.848. The van der Waals surface area contributed by atoms with Gasteiger partial charge in [0.1, 0.15) is 16.9 Å². The molecular weight excluding hydrogens is 188 g/mol. The van der Waals surface area contributed by atoms with Gasteiger partial charge in [0.15, 0.2) is 5.52 Å². The van der Waals surface area contributed by atoms with Crippen LogP contribution >= 0.6 is 10.7 Å². The van der Waals surface area contributed by atoms with Crippen molar-refractivity contribution >= 4 is 26.9 Å². The molecule has 0 spiro atoms. The first kappa shape index (κ1) is 8.12. The van der Waals surface area contributed by atoms with Gasteiger partial charge >= 0.3 is 0 Å². The van der Waals surface area contributed by atoms with Gasteiger partial charge in [-0.2, -0.15) is 0 Å². The van der Waals surface area contributed by atoms with Gasteiger partial charge in [-0.15, -0.1) is 0 Å². The van der Waals surface area contributed by atoms with Crippen LogP contribution in [-0.4, -0.2) is 15.6 Å². The van der Waals surface area contributed by atoms with Crippen LogP contribution in [0.4, 0.5) is 0 Å². The maximum absolute atomic E-state index is 10.7. The third-order valence-corrected chi connectivity index (χ3v) is 3.13. The molecule has 66 valence electrons. The molecule has 2 aromatic rings. The number of aromatic nitrogens is 2. The van der Waals surface area contributed by atoms with Gasteiger partial charge in [0, 0.05) is 0 Å². The number of carbonyl (C=O) groups excluding carboxylic acids is 1. The number of carbonyl (C=O) groups is 1. The van der Waals surface area contributed by atoms with Gasteiger partial charge in [-0.1, -0.05) is 11.2 Å². The van der Waals surface area contributed by atoms with Crippen LogP contribution in [0.1, 0.15) is 10.4 Å². The zero-order chi connectivity index (χ0) is 9.42. The van der Waals surface area contributed by atoms with Crippen LogP contribution in [0, 0.1) is 0 Å². The largest absolute Gasteiger partial charge is 0.545 e. The Hall–Kier alpha value is -1.49. The number of rotatable bonds is 1. The summed E-state index contributed by atoms with van der Waals surface area (Å²) in [5.74, 6) is -1.16. The summed E-state index contributed by atoms with van der Waals surface area (Å²) >= 11 is 0. The monoisotopic (exact) mass is 194 g/mol. The van der Waals surface area contributed by atoms with Gasteiger partial charge in [0.05, 0.1) is 16.0 Å². The minimum Gasteiger partial charge on any atom is -0.545 e. The van der Waals surface area contributed by atoms with Crippen LogP contribution in [0.15, 0.2) is 18.2 Å². The first-order valence-electron chi connectivity index (χ1n) is 3.62. The predicted molar refractivity (Wildman–Crippen MR) is 47.3 cm³/mol.